The lowest BCUT2D eigenvalue weighted by Gasteiger charge is -2.58. The van der Waals surface area contributed by atoms with Crippen molar-refractivity contribution in [2.45, 2.75) is 115 Å². The van der Waals surface area contributed by atoms with E-state index in [1.54, 1.807) is 0 Å². The summed E-state index contributed by atoms with van der Waals surface area (Å²) in [6.07, 6.45) is 13.4. The molecule has 174 valence electrons. The van der Waals surface area contributed by atoms with Gasteiger partial charge in [-0.05, 0) is 76.7 Å². The van der Waals surface area contributed by atoms with Crippen LogP contribution >= 0.6 is 0 Å². The van der Waals surface area contributed by atoms with Crippen LogP contribution in [-0.4, -0.2) is 6.04 Å². The number of rotatable bonds is 0. The van der Waals surface area contributed by atoms with Crippen LogP contribution in [0.25, 0.3) is 0 Å². The Hall–Kier alpha value is -0.720. The highest BCUT2D eigenvalue weighted by molar-refractivity contribution is 5.12. The Morgan fingerprint density at radius 3 is 1.37 bits per heavy atom. The van der Waals surface area contributed by atoms with Crippen molar-refractivity contribution in [2.75, 3.05) is 0 Å². The molecule has 1 aliphatic heterocycles. The van der Waals surface area contributed by atoms with Crippen molar-refractivity contribution in [3.8, 4) is 0 Å². The van der Waals surface area contributed by atoms with E-state index in [-0.39, 0.29) is 32.5 Å². The van der Waals surface area contributed by atoms with Gasteiger partial charge in [-0.2, -0.15) is 0 Å². The lowest BCUT2D eigenvalue weighted by Crippen LogP contribution is -2.54. The van der Waals surface area contributed by atoms with Crippen LogP contribution in [0.1, 0.15) is 109 Å². The summed E-state index contributed by atoms with van der Waals surface area (Å²) < 4.78 is 0. The molecule has 0 fully saturated rings. The van der Waals surface area contributed by atoms with Crippen molar-refractivity contribution >= 4 is 0 Å². The zero-order valence-electron chi connectivity index (χ0n) is 22.7. The summed E-state index contributed by atoms with van der Waals surface area (Å²) in [5.41, 5.74) is 1.29. The maximum atomic E-state index is 3.84. The predicted octanol–water partition coefficient (Wildman–Crippen LogP) is 8.62. The number of hydrogen-bond donors (Lipinski definition) is 1. The Morgan fingerprint density at radius 2 is 0.933 bits per heavy atom. The van der Waals surface area contributed by atoms with Gasteiger partial charge in [-0.15, -0.1) is 0 Å². The minimum absolute atomic E-state index is 0.190. The van der Waals surface area contributed by atoms with Gasteiger partial charge in [0.2, 0.25) is 0 Å². The van der Waals surface area contributed by atoms with Crippen LogP contribution in [0.5, 0.6) is 0 Å². The van der Waals surface area contributed by atoms with Gasteiger partial charge in [-0.3, -0.25) is 0 Å². The van der Waals surface area contributed by atoms with Crippen LogP contribution in [0.2, 0.25) is 0 Å². The van der Waals surface area contributed by atoms with E-state index in [9.17, 15) is 0 Å². The molecule has 1 heteroatoms. The molecule has 2 rings (SSSR count). The predicted molar refractivity (Wildman–Crippen MR) is 134 cm³/mol. The van der Waals surface area contributed by atoms with Crippen LogP contribution in [-0.2, 0) is 0 Å². The first-order chi connectivity index (χ1) is 13.2. The molecule has 0 bridgehead atoms. The van der Waals surface area contributed by atoms with Gasteiger partial charge in [0.1, 0.15) is 0 Å². The zero-order valence-corrected chi connectivity index (χ0v) is 22.7. The fourth-order valence-electron chi connectivity index (χ4n) is 8.46. The lowest BCUT2D eigenvalue weighted by atomic mass is 9.47. The first-order valence-corrected chi connectivity index (χ1v) is 12.3. The molecule has 1 nitrogen and oxygen atoms in total. The van der Waals surface area contributed by atoms with Gasteiger partial charge in [-0.1, -0.05) is 101 Å². The number of allylic oxidation sites excluding steroid dienone is 3. The SMILES string of the molecule is CC1N/C=C\C(C)(C)CC(C)(C)C2C1C(C)(C)CC(C)(C)/C=C\C(C)(C)CC2(C)C. The molecule has 0 aromatic rings. The van der Waals surface area contributed by atoms with E-state index < -0.39 is 0 Å². The highest BCUT2D eigenvalue weighted by atomic mass is 14.9. The van der Waals surface area contributed by atoms with E-state index in [4.69, 9.17) is 0 Å². The second-order valence-corrected chi connectivity index (χ2v) is 15.1. The Morgan fingerprint density at radius 1 is 0.567 bits per heavy atom. The van der Waals surface area contributed by atoms with Gasteiger partial charge < -0.3 is 5.32 Å². The van der Waals surface area contributed by atoms with Crippen LogP contribution in [0.15, 0.2) is 24.4 Å². The first kappa shape index (κ1) is 25.5. The first-order valence-electron chi connectivity index (χ1n) is 12.3. The molecule has 1 aliphatic carbocycles. The molecule has 3 atom stereocenters. The minimum atomic E-state index is 0.190. The highest BCUT2D eigenvalue weighted by Crippen LogP contribution is 2.60. The summed E-state index contributed by atoms with van der Waals surface area (Å²) in [6.45, 7) is 32.4. The van der Waals surface area contributed by atoms with E-state index in [1.165, 1.54) is 19.3 Å². The molecular formula is C29H53N. The maximum Gasteiger partial charge on any atom is 0.0263 e. The van der Waals surface area contributed by atoms with Crippen molar-refractivity contribution in [1.29, 1.82) is 0 Å². The molecule has 0 saturated heterocycles. The lowest BCUT2D eigenvalue weighted by molar-refractivity contribution is -0.0784. The number of fused-ring (bicyclic) bond motifs is 1. The van der Waals surface area contributed by atoms with Crippen molar-refractivity contribution in [2.24, 2.45) is 44.3 Å². The van der Waals surface area contributed by atoms with Crippen LogP contribution in [0.4, 0.5) is 0 Å². The Kier molecular flexibility index (Phi) is 6.56. The minimum Gasteiger partial charge on any atom is -0.388 e. The van der Waals surface area contributed by atoms with E-state index in [1.807, 2.05) is 0 Å². The summed E-state index contributed by atoms with van der Waals surface area (Å²) in [4.78, 5) is 0. The standard InChI is InChI=1S/C29H53N/c1-21-22-23(29(12,13)20-26(6,7)16-17-30-21)28(10,11)19-25(4,5)15-14-24(2,3)18-27(22,8)9/h14-17,21-23,30H,18-20H2,1-13H3/b15-14-,17-16-. The third-order valence-corrected chi connectivity index (χ3v) is 8.10. The Bertz CT molecular complexity index is 668. The maximum absolute atomic E-state index is 3.84. The zero-order chi connectivity index (χ0) is 23.4. The summed E-state index contributed by atoms with van der Waals surface area (Å²) in [5.74, 6) is 1.20. The van der Waals surface area contributed by atoms with Crippen molar-refractivity contribution < 1.29 is 0 Å². The Labute approximate surface area is 189 Å². The van der Waals surface area contributed by atoms with Gasteiger partial charge in [-0.25, -0.2) is 0 Å². The average Bonchev–Trinajstić information content (AvgIpc) is 2.48. The fraction of sp³-hybridized carbons (Fsp3) is 0.862. The molecule has 3 unspecified atom stereocenters. The van der Waals surface area contributed by atoms with E-state index in [2.05, 4.69) is 120 Å². The average molecular weight is 416 g/mol. The topological polar surface area (TPSA) is 12.0 Å². The monoisotopic (exact) mass is 415 g/mol. The molecule has 0 radical (unpaired) electrons. The normalized spacial score (nSPS) is 38.5. The smallest absolute Gasteiger partial charge is 0.0263 e. The van der Waals surface area contributed by atoms with Gasteiger partial charge in [0, 0.05) is 6.04 Å². The second-order valence-electron chi connectivity index (χ2n) is 15.1. The van der Waals surface area contributed by atoms with E-state index in [0.29, 0.717) is 17.9 Å². The molecule has 2 aliphatic rings. The number of hydrogen-bond acceptors (Lipinski definition) is 1. The van der Waals surface area contributed by atoms with Gasteiger partial charge in [0.25, 0.3) is 0 Å². The van der Waals surface area contributed by atoms with Crippen molar-refractivity contribution in [3.05, 3.63) is 24.4 Å². The van der Waals surface area contributed by atoms with Gasteiger partial charge >= 0.3 is 0 Å². The summed E-state index contributed by atoms with van der Waals surface area (Å²) in [5, 5.41) is 3.84. The van der Waals surface area contributed by atoms with Crippen LogP contribution in [0.3, 0.4) is 0 Å². The molecule has 0 aromatic carbocycles. The molecule has 0 amide bonds. The molecular weight excluding hydrogens is 362 g/mol. The summed E-state index contributed by atoms with van der Waals surface area (Å²) in [6, 6.07) is 0.441. The summed E-state index contributed by atoms with van der Waals surface area (Å²) in [7, 11) is 0. The van der Waals surface area contributed by atoms with E-state index in [0.717, 1.165) is 0 Å². The quantitative estimate of drug-likeness (QED) is 0.390. The molecule has 0 aromatic heterocycles. The van der Waals surface area contributed by atoms with Crippen molar-refractivity contribution in [1.82, 2.24) is 5.32 Å². The molecule has 1 N–H and O–H groups in total. The molecule has 1 heterocycles. The van der Waals surface area contributed by atoms with Crippen molar-refractivity contribution in [3.63, 3.8) is 0 Å². The molecule has 0 saturated carbocycles. The van der Waals surface area contributed by atoms with Crippen LogP contribution < -0.4 is 5.32 Å². The molecule has 30 heavy (non-hydrogen) atoms. The van der Waals surface area contributed by atoms with E-state index >= 15 is 0 Å². The van der Waals surface area contributed by atoms with Gasteiger partial charge in [0.05, 0.1) is 0 Å². The highest BCUT2D eigenvalue weighted by Gasteiger charge is 2.54. The third-order valence-electron chi connectivity index (χ3n) is 8.10. The summed E-state index contributed by atoms with van der Waals surface area (Å²) >= 11 is 0. The third kappa shape index (κ3) is 5.74. The molecule has 0 spiro atoms. The van der Waals surface area contributed by atoms with Gasteiger partial charge in [0.15, 0.2) is 0 Å². The second kappa shape index (κ2) is 7.70. The number of nitrogens with one attached hydrogen (secondary N) is 1. The largest absolute Gasteiger partial charge is 0.388 e. The van der Waals surface area contributed by atoms with Crippen LogP contribution in [0, 0.1) is 44.3 Å². The fourth-order valence-corrected chi connectivity index (χ4v) is 8.46. The Balaban J connectivity index is 2.79.